The number of hydrogen-bond acceptors (Lipinski definition) is 7. The maximum atomic E-state index is 12.2. The summed E-state index contributed by atoms with van der Waals surface area (Å²) in [6.07, 6.45) is 3.33. The number of carbonyl (C=O) groups is 2. The highest BCUT2D eigenvalue weighted by atomic mass is 16.2. The Bertz CT molecular complexity index is 1210. The fourth-order valence-corrected chi connectivity index (χ4v) is 3.88. The predicted octanol–water partition coefficient (Wildman–Crippen LogP) is 3.22. The highest BCUT2D eigenvalue weighted by Crippen LogP contribution is 2.39. The van der Waals surface area contributed by atoms with Crippen LogP contribution >= 0.6 is 0 Å². The van der Waals surface area contributed by atoms with Crippen molar-refractivity contribution in [2.75, 3.05) is 22.6 Å². The lowest BCUT2D eigenvalue weighted by Gasteiger charge is -2.30. The third-order valence-corrected chi connectivity index (χ3v) is 5.54. The Morgan fingerprint density at radius 1 is 1.19 bits per heavy atom. The highest BCUT2D eigenvalue weighted by molar-refractivity contribution is 6.02. The number of anilines is 4. The molecule has 0 saturated heterocycles. The van der Waals surface area contributed by atoms with E-state index in [1.165, 1.54) is 13.1 Å². The molecule has 158 valence electrons. The minimum absolute atomic E-state index is 0.0278. The molecule has 9 heteroatoms. The number of aryl methyl sites for hydroxylation is 1. The molecular weight excluding hydrogens is 394 g/mol. The first kappa shape index (κ1) is 19.2. The minimum atomic E-state index is -0.109. The number of nitrogens with zero attached hydrogens (tertiary/aromatic N) is 5. The van der Waals surface area contributed by atoms with Crippen LogP contribution in [0.2, 0.25) is 0 Å². The van der Waals surface area contributed by atoms with Crippen LogP contribution in [0.25, 0.3) is 5.69 Å². The SMILES string of the molecule is CC(=O)c1cnc(NC(=O)C2CC2)cc1Nc1cccc2c1N(C)Cc1nc(C)nn1-2. The standard InChI is InChI=1S/C22H23N7O2/c1-12(30)15-10-23-19(26-22(31)14-7-8-14)9-17(15)25-16-5-4-6-18-21(16)28(3)11-20-24-13(2)27-29(18)20/h4-6,9-10,14H,7-8,11H2,1-3H3,(H2,23,25,26,31). The van der Waals surface area contributed by atoms with Gasteiger partial charge in [0.1, 0.15) is 11.6 Å². The van der Waals surface area contributed by atoms with Gasteiger partial charge < -0.3 is 15.5 Å². The number of carbonyl (C=O) groups excluding carboxylic acids is 2. The summed E-state index contributed by atoms with van der Waals surface area (Å²) < 4.78 is 1.86. The Balaban J connectivity index is 1.54. The lowest BCUT2D eigenvalue weighted by Crippen LogP contribution is -2.27. The van der Waals surface area contributed by atoms with Crippen molar-refractivity contribution >= 4 is 34.6 Å². The van der Waals surface area contributed by atoms with E-state index >= 15 is 0 Å². The van der Waals surface area contributed by atoms with Crippen molar-refractivity contribution in [3.8, 4) is 5.69 Å². The van der Waals surface area contributed by atoms with Crippen LogP contribution in [0, 0.1) is 12.8 Å². The van der Waals surface area contributed by atoms with Crippen molar-refractivity contribution in [1.82, 2.24) is 19.7 Å². The van der Waals surface area contributed by atoms with E-state index in [4.69, 9.17) is 0 Å². The van der Waals surface area contributed by atoms with Gasteiger partial charge in [-0.25, -0.2) is 14.6 Å². The molecule has 1 aromatic carbocycles. The molecule has 1 aliphatic carbocycles. The molecule has 1 aliphatic heterocycles. The van der Waals surface area contributed by atoms with Crippen LogP contribution in [0.3, 0.4) is 0 Å². The van der Waals surface area contributed by atoms with Gasteiger partial charge in [0.05, 0.1) is 34.9 Å². The molecule has 9 nitrogen and oxygen atoms in total. The number of aromatic nitrogens is 4. The molecule has 2 N–H and O–H groups in total. The summed E-state index contributed by atoms with van der Waals surface area (Å²) in [4.78, 5) is 35.3. The molecule has 0 bridgehead atoms. The van der Waals surface area contributed by atoms with Crippen LogP contribution < -0.4 is 15.5 Å². The molecule has 5 rings (SSSR count). The number of amides is 1. The predicted molar refractivity (Wildman–Crippen MR) is 117 cm³/mol. The topological polar surface area (TPSA) is 105 Å². The summed E-state index contributed by atoms with van der Waals surface area (Å²) in [5, 5.41) is 10.8. The van der Waals surface area contributed by atoms with E-state index in [0.29, 0.717) is 23.6 Å². The average molecular weight is 417 g/mol. The summed E-state index contributed by atoms with van der Waals surface area (Å²) in [7, 11) is 2.00. The van der Waals surface area contributed by atoms with E-state index in [1.54, 1.807) is 6.07 Å². The van der Waals surface area contributed by atoms with Crippen LogP contribution in [0.5, 0.6) is 0 Å². The largest absolute Gasteiger partial charge is 0.364 e. The number of fused-ring (bicyclic) bond motifs is 3. The lowest BCUT2D eigenvalue weighted by molar-refractivity contribution is -0.117. The van der Waals surface area contributed by atoms with Crippen LogP contribution in [-0.2, 0) is 11.3 Å². The fraction of sp³-hybridized carbons (Fsp3) is 0.318. The molecule has 0 radical (unpaired) electrons. The molecule has 2 aromatic heterocycles. The number of Topliss-reactive ketones (excluding diaryl/α,β-unsaturated/α-hetero) is 1. The summed E-state index contributed by atoms with van der Waals surface area (Å²) in [5.74, 6) is 1.96. The van der Waals surface area contributed by atoms with Crippen molar-refractivity contribution < 1.29 is 9.59 Å². The summed E-state index contributed by atoms with van der Waals surface area (Å²) in [6, 6.07) is 7.60. The number of benzene rings is 1. The summed E-state index contributed by atoms with van der Waals surface area (Å²) in [6.45, 7) is 3.99. The Morgan fingerprint density at radius 2 is 2.00 bits per heavy atom. The van der Waals surface area contributed by atoms with Crippen molar-refractivity contribution in [2.45, 2.75) is 33.2 Å². The number of pyridine rings is 1. The molecule has 1 amide bonds. The van der Waals surface area contributed by atoms with Crippen LogP contribution in [0.1, 0.15) is 41.8 Å². The van der Waals surface area contributed by atoms with E-state index in [1.807, 2.05) is 36.9 Å². The van der Waals surface area contributed by atoms with Gasteiger partial charge in [-0.15, -0.1) is 0 Å². The summed E-state index contributed by atoms with van der Waals surface area (Å²) in [5.41, 5.74) is 3.74. The second-order valence-electron chi connectivity index (χ2n) is 8.08. The minimum Gasteiger partial charge on any atom is -0.364 e. The highest BCUT2D eigenvalue weighted by Gasteiger charge is 2.30. The van der Waals surface area contributed by atoms with E-state index in [2.05, 4.69) is 30.6 Å². The van der Waals surface area contributed by atoms with Crippen molar-refractivity contribution in [3.63, 3.8) is 0 Å². The second kappa shape index (κ2) is 7.19. The van der Waals surface area contributed by atoms with Crippen LogP contribution in [0.15, 0.2) is 30.5 Å². The summed E-state index contributed by atoms with van der Waals surface area (Å²) >= 11 is 0. The van der Waals surface area contributed by atoms with E-state index in [-0.39, 0.29) is 17.6 Å². The Kier molecular flexibility index (Phi) is 4.46. The fourth-order valence-electron chi connectivity index (χ4n) is 3.88. The first-order valence-electron chi connectivity index (χ1n) is 10.3. The van der Waals surface area contributed by atoms with Gasteiger partial charge >= 0.3 is 0 Å². The monoisotopic (exact) mass is 417 g/mol. The zero-order chi connectivity index (χ0) is 21.7. The molecule has 3 heterocycles. The Labute approximate surface area is 179 Å². The van der Waals surface area contributed by atoms with Crippen molar-refractivity contribution in [3.05, 3.63) is 47.7 Å². The maximum Gasteiger partial charge on any atom is 0.228 e. The molecule has 0 atom stereocenters. The number of hydrogen-bond donors (Lipinski definition) is 2. The van der Waals surface area contributed by atoms with Gasteiger partial charge in [0, 0.05) is 25.2 Å². The van der Waals surface area contributed by atoms with Crippen LogP contribution in [0.4, 0.5) is 22.9 Å². The molecule has 2 aliphatic rings. The number of nitrogens with one attached hydrogen (secondary N) is 2. The van der Waals surface area contributed by atoms with Crippen molar-refractivity contribution in [2.24, 2.45) is 5.92 Å². The quantitative estimate of drug-likeness (QED) is 0.614. The normalized spacial score (nSPS) is 14.6. The Hall–Kier alpha value is -3.75. The molecule has 31 heavy (non-hydrogen) atoms. The van der Waals surface area contributed by atoms with Gasteiger partial charge in [0.25, 0.3) is 0 Å². The van der Waals surface area contributed by atoms with E-state index in [9.17, 15) is 9.59 Å². The van der Waals surface area contributed by atoms with Gasteiger partial charge in [-0.1, -0.05) is 6.07 Å². The van der Waals surface area contributed by atoms with Crippen molar-refractivity contribution in [1.29, 1.82) is 0 Å². The van der Waals surface area contributed by atoms with Gasteiger partial charge in [-0.3, -0.25) is 9.59 Å². The Morgan fingerprint density at radius 3 is 2.74 bits per heavy atom. The third kappa shape index (κ3) is 3.52. The average Bonchev–Trinajstić information content (AvgIpc) is 3.50. The number of rotatable bonds is 5. The number of ketones is 1. The van der Waals surface area contributed by atoms with Gasteiger partial charge in [0.15, 0.2) is 11.6 Å². The molecular formula is C22H23N7O2. The van der Waals surface area contributed by atoms with Gasteiger partial charge in [0.2, 0.25) is 5.91 Å². The second-order valence-corrected chi connectivity index (χ2v) is 8.08. The smallest absolute Gasteiger partial charge is 0.228 e. The molecule has 1 saturated carbocycles. The molecule has 0 unspecified atom stereocenters. The van der Waals surface area contributed by atoms with Gasteiger partial charge in [-0.05, 0) is 38.8 Å². The maximum absolute atomic E-state index is 12.2. The zero-order valence-electron chi connectivity index (χ0n) is 17.6. The van der Waals surface area contributed by atoms with E-state index in [0.717, 1.165) is 41.6 Å². The zero-order valence-corrected chi connectivity index (χ0v) is 17.6. The van der Waals surface area contributed by atoms with Gasteiger partial charge in [-0.2, -0.15) is 5.10 Å². The first-order chi connectivity index (χ1) is 14.9. The van der Waals surface area contributed by atoms with Crippen LogP contribution in [-0.4, -0.2) is 38.5 Å². The number of para-hydroxylation sites is 1. The molecule has 0 spiro atoms. The van der Waals surface area contributed by atoms with E-state index < -0.39 is 0 Å². The lowest BCUT2D eigenvalue weighted by atomic mass is 10.1. The molecule has 3 aromatic rings. The molecule has 1 fully saturated rings. The third-order valence-electron chi connectivity index (χ3n) is 5.54. The first-order valence-corrected chi connectivity index (χ1v) is 10.3.